The summed E-state index contributed by atoms with van der Waals surface area (Å²) in [6.45, 7) is 4.19. The fourth-order valence-corrected chi connectivity index (χ4v) is 1.89. The topological polar surface area (TPSA) is 64.1 Å². The van der Waals surface area contributed by atoms with Gasteiger partial charge in [0, 0.05) is 18.0 Å². The average Bonchev–Trinajstić information content (AvgIpc) is 2.35. The third kappa shape index (κ3) is 4.60. The Bertz CT molecular complexity index is 373. The molecule has 1 rings (SSSR count). The van der Waals surface area contributed by atoms with Crippen molar-refractivity contribution in [1.82, 2.24) is 9.97 Å². The quantitative estimate of drug-likeness (QED) is 0.782. The molecule has 17 heavy (non-hydrogen) atoms. The van der Waals surface area contributed by atoms with Crippen molar-refractivity contribution in [3.8, 4) is 0 Å². The number of ether oxygens (including phenoxy) is 1. The summed E-state index contributed by atoms with van der Waals surface area (Å²) in [6, 6.07) is 2.03. The monoisotopic (exact) mass is 255 g/mol. The van der Waals surface area contributed by atoms with Crippen molar-refractivity contribution < 1.29 is 9.53 Å². The highest BCUT2D eigenvalue weighted by Gasteiger charge is 2.10. The second-order valence-electron chi connectivity index (χ2n) is 3.46. The van der Waals surface area contributed by atoms with E-state index in [2.05, 4.69) is 33.9 Å². The molecule has 1 unspecified atom stereocenters. The molecule has 0 saturated heterocycles. The van der Waals surface area contributed by atoms with Crippen molar-refractivity contribution in [3.05, 3.63) is 18.1 Å². The molecule has 5 nitrogen and oxygen atoms in total. The van der Waals surface area contributed by atoms with Crippen LogP contribution in [0.15, 0.2) is 12.3 Å². The number of methoxy groups -OCH3 is 1. The van der Waals surface area contributed by atoms with Gasteiger partial charge in [-0.2, -0.15) is 11.8 Å². The number of carbonyl (C=O) groups is 1. The van der Waals surface area contributed by atoms with Crippen LogP contribution < -0.4 is 5.32 Å². The molecular formula is C11H17N3O2S. The Morgan fingerprint density at radius 2 is 2.41 bits per heavy atom. The molecule has 6 heteroatoms. The van der Waals surface area contributed by atoms with Gasteiger partial charge >= 0.3 is 5.97 Å². The number of carbonyl (C=O) groups excluding carboxylic acids is 1. The molecule has 0 aromatic carbocycles. The molecular weight excluding hydrogens is 238 g/mol. The van der Waals surface area contributed by atoms with Crippen molar-refractivity contribution in [2.45, 2.75) is 19.9 Å². The summed E-state index contributed by atoms with van der Waals surface area (Å²) in [4.78, 5) is 19.2. The van der Waals surface area contributed by atoms with Crippen LogP contribution in [0.1, 0.15) is 24.5 Å². The van der Waals surface area contributed by atoms with Crippen molar-refractivity contribution in [1.29, 1.82) is 0 Å². The molecule has 0 spiro atoms. The van der Waals surface area contributed by atoms with Gasteiger partial charge in [-0.05, 0) is 18.7 Å². The Labute approximate surface area is 105 Å². The van der Waals surface area contributed by atoms with E-state index in [1.54, 1.807) is 12.3 Å². The largest absolute Gasteiger partial charge is 0.463 e. The number of nitrogens with one attached hydrogen (secondary N) is 1. The lowest BCUT2D eigenvalue weighted by Crippen LogP contribution is -2.20. The van der Waals surface area contributed by atoms with E-state index in [1.165, 1.54) is 7.11 Å². The normalized spacial score (nSPS) is 11.9. The maximum absolute atomic E-state index is 11.2. The minimum absolute atomic E-state index is 0.0767. The SMILES string of the molecule is CCSCC(C)Nc1ccnc(C(=O)OC)n1. The molecule has 1 N–H and O–H groups in total. The van der Waals surface area contributed by atoms with Crippen LogP contribution >= 0.6 is 11.8 Å². The van der Waals surface area contributed by atoms with Crippen LogP contribution in [0, 0.1) is 0 Å². The van der Waals surface area contributed by atoms with Gasteiger partial charge in [-0.15, -0.1) is 0 Å². The molecule has 1 heterocycles. The van der Waals surface area contributed by atoms with E-state index in [0.29, 0.717) is 11.9 Å². The standard InChI is InChI=1S/C11H17N3O2S/c1-4-17-7-8(2)13-9-5-6-12-10(14-9)11(15)16-3/h5-6,8H,4,7H2,1-3H3,(H,12,13,14). The van der Waals surface area contributed by atoms with Gasteiger partial charge in [-0.3, -0.25) is 0 Å². The highest BCUT2D eigenvalue weighted by Crippen LogP contribution is 2.08. The molecule has 0 bridgehead atoms. The Kier molecular flexibility index (Phi) is 5.76. The van der Waals surface area contributed by atoms with Crippen molar-refractivity contribution in [2.24, 2.45) is 0 Å². The molecule has 94 valence electrons. The number of aromatic nitrogens is 2. The Morgan fingerprint density at radius 1 is 1.65 bits per heavy atom. The highest BCUT2D eigenvalue weighted by atomic mass is 32.2. The van der Waals surface area contributed by atoms with Gasteiger partial charge in [-0.25, -0.2) is 14.8 Å². The van der Waals surface area contributed by atoms with Crippen LogP contribution in [0.4, 0.5) is 5.82 Å². The molecule has 0 aliphatic carbocycles. The van der Waals surface area contributed by atoms with E-state index in [-0.39, 0.29) is 5.82 Å². The number of rotatable bonds is 6. The maximum Gasteiger partial charge on any atom is 0.376 e. The highest BCUT2D eigenvalue weighted by molar-refractivity contribution is 7.99. The molecule has 0 aliphatic rings. The number of nitrogens with zero attached hydrogens (tertiary/aromatic N) is 2. The Hall–Kier alpha value is -1.30. The molecule has 0 fully saturated rings. The smallest absolute Gasteiger partial charge is 0.376 e. The Balaban J connectivity index is 2.62. The zero-order valence-electron chi connectivity index (χ0n) is 10.3. The van der Waals surface area contributed by atoms with Crippen molar-refractivity contribution >= 4 is 23.5 Å². The van der Waals surface area contributed by atoms with Crippen LogP contribution in [0.3, 0.4) is 0 Å². The van der Waals surface area contributed by atoms with Crippen LogP contribution in [0.5, 0.6) is 0 Å². The Morgan fingerprint density at radius 3 is 3.06 bits per heavy atom. The number of hydrogen-bond donors (Lipinski definition) is 1. The van der Waals surface area contributed by atoms with Gasteiger partial charge in [0.25, 0.3) is 0 Å². The van der Waals surface area contributed by atoms with E-state index < -0.39 is 5.97 Å². The fraction of sp³-hybridized carbons (Fsp3) is 0.545. The summed E-state index contributed by atoms with van der Waals surface area (Å²) in [5.74, 6) is 2.28. The predicted octanol–water partition coefficient (Wildman–Crippen LogP) is 1.82. The molecule has 1 aromatic heterocycles. The summed E-state index contributed by atoms with van der Waals surface area (Å²) in [7, 11) is 1.31. The molecule has 0 radical (unpaired) electrons. The molecule has 0 saturated carbocycles. The van der Waals surface area contributed by atoms with E-state index in [4.69, 9.17) is 0 Å². The summed E-state index contributed by atoms with van der Waals surface area (Å²) in [5.41, 5.74) is 0. The number of hydrogen-bond acceptors (Lipinski definition) is 6. The summed E-state index contributed by atoms with van der Waals surface area (Å²) in [5, 5.41) is 3.22. The van der Waals surface area contributed by atoms with E-state index in [1.807, 2.05) is 11.8 Å². The lowest BCUT2D eigenvalue weighted by Gasteiger charge is -2.13. The molecule has 1 aromatic rings. The first-order valence-electron chi connectivity index (χ1n) is 5.43. The first-order valence-corrected chi connectivity index (χ1v) is 6.58. The summed E-state index contributed by atoms with van der Waals surface area (Å²) >= 11 is 1.85. The van der Waals surface area contributed by atoms with Crippen LogP contribution in [-0.2, 0) is 4.74 Å². The van der Waals surface area contributed by atoms with Gasteiger partial charge in [0.15, 0.2) is 0 Å². The van der Waals surface area contributed by atoms with E-state index in [9.17, 15) is 4.79 Å². The third-order valence-corrected chi connectivity index (χ3v) is 3.13. The first kappa shape index (κ1) is 13.8. The number of thioether (sulfide) groups is 1. The average molecular weight is 255 g/mol. The molecule has 1 atom stereocenters. The van der Waals surface area contributed by atoms with Crippen LogP contribution in [0.2, 0.25) is 0 Å². The van der Waals surface area contributed by atoms with Gasteiger partial charge < -0.3 is 10.1 Å². The van der Waals surface area contributed by atoms with Crippen molar-refractivity contribution in [2.75, 3.05) is 23.9 Å². The zero-order chi connectivity index (χ0) is 12.7. The second kappa shape index (κ2) is 7.11. The van der Waals surface area contributed by atoms with Crippen LogP contribution in [-0.4, -0.2) is 40.6 Å². The predicted molar refractivity (Wildman–Crippen MR) is 69.5 cm³/mol. The lowest BCUT2D eigenvalue weighted by atomic mass is 10.4. The fourth-order valence-electron chi connectivity index (χ4n) is 1.22. The maximum atomic E-state index is 11.2. The summed E-state index contributed by atoms with van der Waals surface area (Å²) in [6.07, 6.45) is 1.54. The van der Waals surface area contributed by atoms with Gasteiger partial charge in [-0.1, -0.05) is 6.92 Å². The second-order valence-corrected chi connectivity index (χ2v) is 4.78. The van der Waals surface area contributed by atoms with Gasteiger partial charge in [0.05, 0.1) is 7.11 Å². The lowest BCUT2D eigenvalue weighted by molar-refractivity contribution is 0.0587. The first-order chi connectivity index (χ1) is 8.17. The number of anilines is 1. The van der Waals surface area contributed by atoms with Crippen molar-refractivity contribution in [3.63, 3.8) is 0 Å². The molecule has 0 amide bonds. The van der Waals surface area contributed by atoms with Crippen LogP contribution in [0.25, 0.3) is 0 Å². The zero-order valence-corrected chi connectivity index (χ0v) is 11.1. The minimum Gasteiger partial charge on any atom is -0.463 e. The van der Waals surface area contributed by atoms with E-state index >= 15 is 0 Å². The van der Waals surface area contributed by atoms with Gasteiger partial charge in [0.1, 0.15) is 5.82 Å². The molecule has 0 aliphatic heterocycles. The summed E-state index contributed by atoms with van der Waals surface area (Å²) < 4.78 is 4.57. The van der Waals surface area contributed by atoms with Gasteiger partial charge in [0.2, 0.25) is 5.82 Å². The van der Waals surface area contributed by atoms with E-state index in [0.717, 1.165) is 11.5 Å². The number of esters is 1. The third-order valence-electron chi connectivity index (χ3n) is 1.99. The minimum atomic E-state index is -0.524.